The van der Waals surface area contributed by atoms with Gasteiger partial charge in [-0.3, -0.25) is 4.79 Å². The van der Waals surface area contributed by atoms with Gasteiger partial charge < -0.3 is 4.98 Å². The molecule has 5 aromatic rings. The van der Waals surface area contributed by atoms with Gasteiger partial charge in [-0.1, -0.05) is 29.5 Å². The smallest absolute Gasteiger partial charge is 0.276 e. The summed E-state index contributed by atoms with van der Waals surface area (Å²) in [5, 5.41) is 12.6. The summed E-state index contributed by atoms with van der Waals surface area (Å²) in [6.07, 6.45) is 1.73. The highest BCUT2D eigenvalue weighted by Gasteiger charge is 2.22. The van der Waals surface area contributed by atoms with Crippen LogP contribution in [0.2, 0.25) is 0 Å². The molecule has 0 spiro atoms. The van der Waals surface area contributed by atoms with Crippen molar-refractivity contribution in [3.63, 3.8) is 0 Å². The van der Waals surface area contributed by atoms with Gasteiger partial charge in [-0.2, -0.15) is 5.10 Å². The van der Waals surface area contributed by atoms with Gasteiger partial charge in [-0.05, 0) is 36.8 Å². The first kappa shape index (κ1) is 18.8. The Balaban J connectivity index is 1.72. The number of benzene rings is 2. The molecule has 0 aliphatic rings. The number of fused-ring (bicyclic) bond motifs is 1. The van der Waals surface area contributed by atoms with E-state index in [1.165, 1.54) is 33.5 Å². The number of hydrogen-bond donors (Lipinski definition) is 1. The molecule has 0 fully saturated rings. The van der Waals surface area contributed by atoms with Crippen molar-refractivity contribution in [2.24, 2.45) is 0 Å². The molecule has 8 nitrogen and oxygen atoms in total. The van der Waals surface area contributed by atoms with E-state index in [1.807, 2.05) is 0 Å². The lowest BCUT2D eigenvalue weighted by Gasteiger charge is -2.04. The lowest BCUT2D eigenvalue weighted by molar-refractivity contribution is 0.612. The zero-order valence-electron chi connectivity index (χ0n) is 16.3. The Labute approximate surface area is 173 Å². The Morgan fingerprint density at radius 1 is 1.10 bits per heavy atom. The molecule has 0 aliphatic heterocycles. The second kappa shape index (κ2) is 7.24. The Bertz CT molecular complexity index is 1480. The maximum absolute atomic E-state index is 14.1. The highest BCUT2D eigenvalue weighted by molar-refractivity contribution is 5.72. The zero-order valence-corrected chi connectivity index (χ0v) is 16.3. The maximum atomic E-state index is 14.1. The van der Waals surface area contributed by atoms with E-state index >= 15 is 0 Å². The number of hydrogen-bond acceptors (Lipinski definition) is 5. The quantitative estimate of drug-likeness (QED) is 0.484. The van der Waals surface area contributed by atoms with Gasteiger partial charge in [0.15, 0.2) is 22.9 Å². The van der Waals surface area contributed by atoms with Crippen molar-refractivity contribution in [2.45, 2.75) is 13.3 Å². The maximum Gasteiger partial charge on any atom is 0.276 e. The fraction of sp³-hybridized carbons (Fsp3) is 0.0952. The molecule has 3 heterocycles. The predicted octanol–water partition coefficient (Wildman–Crippen LogP) is 2.84. The van der Waals surface area contributed by atoms with E-state index in [2.05, 4.69) is 25.4 Å². The van der Waals surface area contributed by atoms with Crippen LogP contribution in [0.25, 0.3) is 22.7 Å². The van der Waals surface area contributed by atoms with E-state index < -0.39 is 11.4 Å². The fourth-order valence-corrected chi connectivity index (χ4v) is 3.38. The number of H-pyrrole nitrogens is 1. The predicted molar refractivity (Wildman–Crippen MR) is 108 cm³/mol. The molecule has 0 aliphatic carbocycles. The Hall–Kier alpha value is -4.21. The number of aromatic amines is 1. The topological polar surface area (TPSA) is 93.8 Å². The summed E-state index contributed by atoms with van der Waals surface area (Å²) in [7, 11) is 0. The summed E-state index contributed by atoms with van der Waals surface area (Å²) < 4.78 is 30.8. The minimum atomic E-state index is -0.462. The fourth-order valence-electron chi connectivity index (χ4n) is 3.38. The Morgan fingerprint density at radius 3 is 2.74 bits per heavy atom. The SMILES string of the molecule is Cc1cn2nnc(-c3nc(Cc4ccccc4F)nn3-c3cccc(F)c3)c2c(=O)[nH]1. The lowest BCUT2D eigenvalue weighted by Crippen LogP contribution is -2.12. The van der Waals surface area contributed by atoms with Crippen LogP contribution in [0.3, 0.4) is 0 Å². The van der Waals surface area contributed by atoms with Crippen molar-refractivity contribution in [1.82, 2.24) is 34.6 Å². The van der Waals surface area contributed by atoms with Crippen molar-refractivity contribution >= 4 is 5.52 Å². The molecular formula is C21H15F2N7O. The standard InChI is InChI=1S/C21H15F2N7O/c1-12-11-29-19(21(31)24-12)18(26-28-29)20-25-17(9-13-5-2-3-8-16(13)23)27-30(20)15-7-4-6-14(22)10-15/h2-8,10-11H,9H2,1H3,(H,24,31). The first-order chi connectivity index (χ1) is 15.0. The minimum absolute atomic E-state index is 0.108. The first-order valence-electron chi connectivity index (χ1n) is 9.40. The summed E-state index contributed by atoms with van der Waals surface area (Å²) in [6.45, 7) is 1.73. The van der Waals surface area contributed by atoms with Gasteiger partial charge in [0.25, 0.3) is 5.56 Å². The highest BCUT2D eigenvalue weighted by Crippen LogP contribution is 2.23. The number of rotatable bonds is 4. The van der Waals surface area contributed by atoms with Crippen LogP contribution in [0.4, 0.5) is 8.78 Å². The minimum Gasteiger partial charge on any atom is -0.323 e. The summed E-state index contributed by atoms with van der Waals surface area (Å²) in [5.74, 6) is -0.363. The van der Waals surface area contributed by atoms with Gasteiger partial charge >= 0.3 is 0 Å². The van der Waals surface area contributed by atoms with E-state index in [4.69, 9.17) is 0 Å². The molecule has 0 atom stereocenters. The summed E-state index contributed by atoms with van der Waals surface area (Å²) in [6, 6.07) is 12.1. The molecule has 0 radical (unpaired) electrons. The molecule has 0 bridgehead atoms. The lowest BCUT2D eigenvalue weighted by atomic mass is 10.1. The van der Waals surface area contributed by atoms with E-state index in [0.29, 0.717) is 16.9 Å². The van der Waals surface area contributed by atoms with Gasteiger partial charge in [-0.25, -0.2) is 23.0 Å². The molecule has 154 valence electrons. The van der Waals surface area contributed by atoms with Crippen LogP contribution in [0.1, 0.15) is 17.1 Å². The second-order valence-corrected chi connectivity index (χ2v) is 7.01. The third-order valence-electron chi connectivity index (χ3n) is 4.76. The van der Waals surface area contributed by atoms with Crippen LogP contribution in [0.5, 0.6) is 0 Å². The van der Waals surface area contributed by atoms with Crippen molar-refractivity contribution in [2.75, 3.05) is 0 Å². The van der Waals surface area contributed by atoms with E-state index in [0.717, 1.165) is 0 Å². The third-order valence-corrected chi connectivity index (χ3v) is 4.76. The van der Waals surface area contributed by atoms with Crippen LogP contribution in [-0.4, -0.2) is 34.6 Å². The van der Waals surface area contributed by atoms with Crippen molar-refractivity contribution in [3.05, 3.63) is 93.8 Å². The molecule has 3 aromatic heterocycles. The first-order valence-corrected chi connectivity index (χ1v) is 9.40. The number of halogens is 2. The molecule has 0 saturated heterocycles. The van der Waals surface area contributed by atoms with Gasteiger partial charge in [0, 0.05) is 12.1 Å². The molecule has 2 aromatic carbocycles. The molecule has 0 amide bonds. The normalized spacial score (nSPS) is 11.3. The van der Waals surface area contributed by atoms with Crippen LogP contribution >= 0.6 is 0 Å². The largest absolute Gasteiger partial charge is 0.323 e. The average molecular weight is 419 g/mol. The monoisotopic (exact) mass is 419 g/mol. The second-order valence-electron chi connectivity index (χ2n) is 7.01. The molecule has 1 N–H and O–H groups in total. The molecule has 10 heteroatoms. The Morgan fingerprint density at radius 2 is 1.94 bits per heavy atom. The van der Waals surface area contributed by atoms with Gasteiger partial charge in [0.05, 0.1) is 11.9 Å². The number of nitrogens with zero attached hydrogens (tertiary/aromatic N) is 6. The molecule has 0 saturated carbocycles. The highest BCUT2D eigenvalue weighted by atomic mass is 19.1. The van der Waals surface area contributed by atoms with Crippen LogP contribution in [0, 0.1) is 18.6 Å². The Kier molecular flexibility index (Phi) is 4.39. The van der Waals surface area contributed by atoms with Crippen molar-refractivity contribution in [1.29, 1.82) is 0 Å². The third kappa shape index (κ3) is 3.37. The van der Waals surface area contributed by atoms with E-state index in [9.17, 15) is 13.6 Å². The van der Waals surface area contributed by atoms with Crippen molar-refractivity contribution < 1.29 is 8.78 Å². The summed E-state index contributed by atoms with van der Waals surface area (Å²) in [4.78, 5) is 19.8. The number of aromatic nitrogens is 7. The van der Waals surface area contributed by atoms with Crippen molar-refractivity contribution in [3.8, 4) is 17.2 Å². The van der Waals surface area contributed by atoms with Crippen LogP contribution in [0.15, 0.2) is 59.5 Å². The summed E-state index contributed by atoms with van der Waals surface area (Å²) >= 11 is 0. The number of nitrogens with one attached hydrogen (secondary N) is 1. The van der Waals surface area contributed by atoms with E-state index in [-0.39, 0.29) is 35.1 Å². The van der Waals surface area contributed by atoms with Gasteiger partial charge in [0.2, 0.25) is 0 Å². The average Bonchev–Trinajstić information content (AvgIpc) is 3.34. The summed E-state index contributed by atoms with van der Waals surface area (Å²) in [5.41, 5.74) is 1.36. The zero-order chi connectivity index (χ0) is 21.5. The van der Waals surface area contributed by atoms with Crippen LogP contribution in [-0.2, 0) is 6.42 Å². The van der Waals surface area contributed by atoms with Gasteiger partial charge in [0.1, 0.15) is 11.6 Å². The van der Waals surface area contributed by atoms with Gasteiger partial charge in [-0.15, -0.1) is 5.10 Å². The molecular weight excluding hydrogens is 404 g/mol. The molecule has 5 rings (SSSR count). The van der Waals surface area contributed by atoms with Crippen LogP contribution < -0.4 is 5.56 Å². The molecule has 0 unspecified atom stereocenters. The number of aryl methyl sites for hydroxylation is 1. The van der Waals surface area contributed by atoms with E-state index in [1.54, 1.807) is 37.4 Å². The molecule has 31 heavy (non-hydrogen) atoms.